The minimum absolute atomic E-state index is 0.0662. The largest absolute Gasteiger partial charge is 0.317 e. The molecular weight excluding hydrogens is 298 g/mol. The predicted molar refractivity (Wildman–Crippen MR) is 87.5 cm³/mol. The van der Waals surface area contributed by atoms with Gasteiger partial charge >= 0.3 is 0 Å². The van der Waals surface area contributed by atoms with Crippen LogP contribution in [0.3, 0.4) is 0 Å². The third kappa shape index (κ3) is 3.96. The van der Waals surface area contributed by atoms with Crippen LogP contribution >= 0.6 is 0 Å². The molecule has 0 aliphatic rings. The first-order valence-corrected chi connectivity index (χ1v) is 9.05. The summed E-state index contributed by atoms with van der Waals surface area (Å²) in [5.74, 6) is 0.0662. The fraction of sp³-hybridized carbons (Fsp3) is 0.438. The lowest BCUT2D eigenvalue weighted by Gasteiger charge is -2.15. The van der Waals surface area contributed by atoms with E-state index in [1.54, 1.807) is 13.1 Å². The molecule has 1 aromatic carbocycles. The van der Waals surface area contributed by atoms with Gasteiger partial charge in [0.1, 0.15) is 0 Å². The standard InChI is InChI=1S/C16H23N3O2S/c1-4-22(20,21)16-17-12-15(13-18(2)3)19(16)11-10-14-8-6-5-7-9-14/h5-9,12H,4,10-11,13H2,1-3H3. The molecule has 120 valence electrons. The van der Waals surface area contributed by atoms with Crippen molar-refractivity contribution in [3.8, 4) is 0 Å². The number of hydrogen-bond acceptors (Lipinski definition) is 4. The molecule has 0 amide bonds. The lowest BCUT2D eigenvalue weighted by Crippen LogP contribution is -2.19. The maximum Gasteiger partial charge on any atom is 0.227 e. The van der Waals surface area contributed by atoms with Crippen molar-refractivity contribution in [3.63, 3.8) is 0 Å². The normalized spacial score (nSPS) is 12.0. The van der Waals surface area contributed by atoms with Crippen LogP contribution in [0, 0.1) is 0 Å². The van der Waals surface area contributed by atoms with Crippen LogP contribution in [-0.4, -0.2) is 42.7 Å². The number of rotatable bonds is 7. The first-order chi connectivity index (χ1) is 10.4. The second-order valence-electron chi connectivity index (χ2n) is 5.56. The number of aryl methyl sites for hydroxylation is 1. The molecule has 2 rings (SSSR count). The third-order valence-corrected chi connectivity index (χ3v) is 5.15. The van der Waals surface area contributed by atoms with Crippen LogP contribution in [0.25, 0.3) is 0 Å². The molecule has 22 heavy (non-hydrogen) atoms. The van der Waals surface area contributed by atoms with Crippen LogP contribution in [-0.2, 0) is 29.3 Å². The summed E-state index contributed by atoms with van der Waals surface area (Å²) in [6.07, 6.45) is 2.46. The minimum Gasteiger partial charge on any atom is -0.317 e. The smallest absolute Gasteiger partial charge is 0.227 e. The van der Waals surface area contributed by atoms with Crippen LogP contribution < -0.4 is 0 Å². The monoisotopic (exact) mass is 321 g/mol. The van der Waals surface area contributed by atoms with Gasteiger partial charge in [-0.2, -0.15) is 0 Å². The zero-order valence-electron chi connectivity index (χ0n) is 13.4. The summed E-state index contributed by atoms with van der Waals surface area (Å²) in [5, 5.41) is 0.183. The van der Waals surface area contributed by atoms with E-state index < -0.39 is 9.84 Å². The van der Waals surface area contributed by atoms with Crippen LogP contribution in [0.2, 0.25) is 0 Å². The summed E-state index contributed by atoms with van der Waals surface area (Å²) in [6, 6.07) is 10.1. The van der Waals surface area contributed by atoms with Gasteiger partial charge in [0.25, 0.3) is 0 Å². The van der Waals surface area contributed by atoms with E-state index in [1.165, 1.54) is 5.56 Å². The molecule has 0 saturated heterocycles. The van der Waals surface area contributed by atoms with Crippen molar-refractivity contribution < 1.29 is 8.42 Å². The van der Waals surface area contributed by atoms with Gasteiger partial charge < -0.3 is 9.47 Å². The molecule has 6 heteroatoms. The lowest BCUT2D eigenvalue weighted by molar-refractivity contribution is 0.383. The topological polar surface area (TPSA) is 55.2 Å². The number of aromatic nitrogens is 2. The highest BCUT2D eigenvalue weighted by atomic mass is 32.2. The molecule has 0 N–H and O–H groups in total. The molecule has 0 saturated carbocycles. The minimum atomic E-state index is -3.31. The SMILES string of the molecule is CCS(=O)(=O)c1ncc(CN(C)C)n1CCc1ccccc1. The van der Waals surface area contributed by atoms with Gasteiger partial charge in [-0.1, -0.05) is 37.3 Å². The molecular formula is C16H23N3O2S. The fourth-order valence-electron chi connectivity index (χ4n) is 2.34. The van der Waals surface area contributed by atoms with Crippen molar-refractivity contribution in [2.24, 2.45) is 0 Å². The highest BCUT2D eigenvalue weighted by Crippen LogP contribution is 2.15. The Kier molecular flexibility index (Phi) is 5.37. The van der Waals surface area contributed by atoms with Gasteiger partial charge in [0, 0.05) is 13.1 Å². The summed E-state index contributed by atoms with van der Waals surface area (Å²) in [7, 11) is 0.607. The van der Waals surface area contributed by atoms with E-state index in [1.807, 2.05) is 41.8 Å². The van der Waals surface area contributed by atoms with Gasteiger partial charge in [-0.15, -0.1) is 0 Å². The quantitative estimate of drug-likeness (QED) is 0.782. The van der Waals surface area contributed by atoms with Crippen LogP contribution in [0.5, 0.6) is 0 Å². The highest BCUT2D eigenvalue weighted by Gasteiger charge is 2.21. The Balaban J connectivity index is 2.31. The van der Waals surface area contributed by atoms with Crippen LogP contribution in [0.4, 0.5) is 0 Å². The summed E-state index contributed by atoms with van der Waals surface area (Å²) in [6.45, 7) is 2.93. The molecule has 5 nitrogen and oxygen atoms in total. The Hall–Kier alpha value is -1.66. The first kappa shape index (κ1) is 16.7. The molecule has 0 aliphatic heterocycles. The number of nitrogens with zero attached hydrogens (tertiary/aromatic N) is 3. The summed E-state index contributed by atoms with van der Waals surface area (Å²) >= 11 is 0. The average Bonchev–Trinajstić information content (AvgIpc) is 2.89. The van der Waals surface area contributed by atoms with E-state index in [0.717, 1.165) is 12.1 Å². The van der Waals surface area contributed by atoms with Gasteiger partial charge in [0.05, 0.1) is 17.6 Å². The molecule has 0 spiro atoms. The highest BCUT2D eigenvalue weighted by molar-refractivity contribution is 7.91. The van der Waals surface area contributed by atoms with Gasteiger partial charge in [0.15, 0.2) is 0 Å². The molecule has 0 aliphatic carbocycles. The van der Waals surface area contributed by atoms with Gasteiger partial charge in [-0.25, -0.2) is 13.4 Å². The van der Waals surface area contributed by atoms with E-state index in [2.05, 4.69) is 17.1 Å². The van der Waals surface area contributed by atoms with E-state index in [9.17, 15) is 8.42 Å². The Morgan fingerprint density at radius 3 is 2.45 bits per heavy atom. The zero-order valence-corrected chi connectivity index (χ0v) is 14.2. The molecule has 0 atom stereocenters. The van der Waals surface area contributed by atoms with Gasteiger partial charge in [-0.05, 0) is 26.1 Å². The molecule has 1 heterocycles. The summed E-state index contributed by atoms with van der Waals surface area (Å²) in [4.78, 5) is 6.18. The summed E-state index contributed by atoms with van der Waals surface area (Å²) < 4.78 is 26.3. The van der Waals surface area contributed by atoms with Crippen LogP contribution in [0.1, 0.15) is 18.2 Å². The van der Waals surface area contributed by atoms with Crippen molar-refractivity contribution >= 4 is 9.84 Å². The maximum atomic E-state index is 12.2. The molecule has 0 radical (unpaired) electrons. The fourth-order valence-corrected chi connectivity index (χ4v) is 3.36. The second-order valence-corrected chi connectivity index (χ2v) is 7.73. The molecule has 0 unspecified atom stereocenters. The van der Waals surface area contributed by atoms with Crippen molar-refractivity contribution in [1.82, 2.24) is 14.5 Å². The molecule has 1 aromatic heterocycles. The van der Waals surface area contributed by atoms with Gasteiger partial charge in [0.2, 0.25) is 15.0 Å². The zero-order chi connectivity index (χ0) is 16.2. The van der Waals surface area contributed by atoms with Crippen molar-refractivity contribution in [2.45, 2.75) is 31.6 Å². The molecule has 0 fully saturated rings. The van der Waals surface area contributed by atoms with Gasteiger partial charge in [-0.3, -0.25) is 0 Å². The number of benzene rings is 1. The maximum absolute atomic E-state index is 12.2. The lowest BCUT2D eigenvalue weighted by atomic mass is 10.1. The Bertz CT molecular complexity index is 706. The average molecular weight is 321 g/mol. The van der Waals surface area contributed by atoms with E-state index >= 15 is 0 Å². The Morgan fingerprint density at radius 1 is 1.18 bits per heavy atom. The number of hydrogen-bond donors (Lipinski definition) is 0. The predicted octanol–water partition coefficient (Wildman–Crippen LogP) is 1.98. The van der Waals surface area contributed by atoms with Crippen LogP contribution in [0.15, 0.2) is 41.7 Å². The molecule has 2 aromatic rings. The van der Waals surface area contributed by atoms with E-state index in [4.69, 9.17) is 0 Å². The van der Waals surface area contributed by atoms with Crippen molar-refractivity contribution in [3.05, 3.63) is 47.8 Å². The Labute approximate surface area is 132 Å². The van der Waals surface area contributed by atoms with Crippen molar-refractivity contribution in [2.75, 3.05) is 19.8 Å². The number of imidazole rings is 1. The number of sulfone groups is 1. The van der Waals surface area contributed by atoms with E-state index in [-0.39, 0.29) is 10.9 Å². The Morgan fingerprint density at radius 2 is 1.86 bits per heavy atom. The third-order valence-electron chi connectivity index (χ3n) is 3.50. The second kappa shape index (κ2) is 7.07. The van der Waals surface area contributed by atoms with E-state index in [0.29, 0.717) is 13.1 Å². The first-order valence-electron chi connectivity index (χ1n) is 7.40. The molecule has 0 bridgehead atoms. The summed E-state index contributed by atoms with van der Waals surface area (Å²) in [5.41, 5.74) is 2.11. The van der Waals surface area contributed by atoms with Crippen molar-refractivity contribution in [1.29, 1.82) is 0 Å².